The van der Waals surface area contributed by atoms with Crippen LogP contribution in [0.5, 0.6) is 0 Å². The molecule has 0 aromatic heterocycles. The molecule has 0 aromatic rings. The fourth-order valence-electron chi connectivity index (χ4n) is 5.72. The largest absolute Gasteiger partial charge is 0.382 e. The van der Waals surface area contributed by atoms with Gasteiger partial charge in [0.15, 0.2) is 0 Å². The molecular weight excluding hydrogens is 268 g/mol. The van der Waals surface area contributed by atoms with Crippen LogP contribution >= 0.6 is 0 Å². The molecule has 0 aliphatic heterocycles. The Kier molecular flexibility index (Phi) is 4.15. The van der Waals surface area contributed by atoms with E-state index in [1.54, 1.807) is 7.11 Å². The van der Waals surface area contributed by atoms with E-state index >= 15 is 0 Å². The van der Waals surface area contributed by atoms with Crippen molar-refractivity contribution in [1.29, 1.82) is 0 Å². The van der Waals surface area contributed by atoms with Crippen molar-refractivity contribution in [1.82, 2.24) is 0 Å². The molecule has 0 radical (unpaired) electrons. The van der Waals surface area contributed by atoms with Crippen LogP contribution in [-0.2, 0) is 19.0 Å². The van der Waals surface area contributed by atoms with Crippen LogP contribution in [0.2, 0.25) is 0 Å². The molecule has 4 heteroatoms. The minimum absolute atomic E-state index is 0.147. The molecule has 1 spiro atoms. The van der Waals surface area contributed by atoms with Gasteiger partial charge in [-0.25, -0.2) is 0 Å². The van der Waals surface area contributed by atoms with Crippen molar-refractivity contribution < 1.29 is 19.0 Å². The van der Waals surface area contributed by atoms with Crippen LogP contribution in [0.15, 0.2) is 0 Å². The van der Waals surface area contributed by atoms with Crippen molar-refractivity contribution in [2.24, 2.45) is 22.7 Å². The number of carbonyl (C=O) groups excluding carboxylic acids is 1. The molecule has 0 heterocycles. The summed E-state index contributed by atoms with van der Waals surface area (Å²) in [6.07, 6.45) is 5.63. The number of rotatable bonds is 6. The Morgan fingerprint density at radius 1 is 1.24 bits per heavy atom. The second-order valence-corrected chi connectivity index (χ2v) is 7.30. The van der Waals surface area contributed by atoms with Crippen LogP contribution in [0.4, 0.5) is 0 Å². The Morgan fingerprint density at radius 2 is 2.05 bits per heavy atom. The maximum absolute atomic E-state index is 12.2. The summed E-state index contributed by atoms with van der Waals surface area (Å²) >= 11 is 0. The zero-order valence-electron chi connectivity index (χ0n) is 13.5. The first-order valence-corrected chi connectivity index (χ1v) is 8.27. The monoisotopic (exact) mass is 296 g/mol. The third kappa shape index (κ3) is 2.10. The number of ether oxygens (including phenoxy) is 3. The Bertz CT molecular complexity index is 410. The van der Waals surface area contributed by atoms with E-state index in [4.69, 9.17) is 14.2 Å². The highest BCUT2D eigenvalue weighted by Gasteiger charge is 2.70. The van der Waals surface area contributed by atoms with Gasteiger partial charge in [0.25, 0.3) is 0 Å². The predicted molar refractivity (Wildman–Crippen MR) is 78.9 cm³/mol. The molecule has 3 rings (SSSR count). The summed E-state index contributed by atoms with van der Waals surface area (Å²) in [4.78, 5) is 12.2. The Balaban J connectivity index is 1.66. The lowest BCUT2D eigenvalue weighted by Crippen LogP contribution is -2.43. The molecule has 5 unspecified atom stereocenters. The zero-order valence-corrected chi connectivity index (χ0v) is 13.5. The van der Waals surface area contributed by atoms with Crippen LogP contribution in [0, 0.1) is 22.7 Å². The first-order valence-electron chi connectivity index (χ1n) is 8.27. The summed E-state index contributed by atoms with van der Waals surface area (Å²) in [5.41, 5.74) is 0.342. The van der Waals surface area contributed by atoms with E-state index in [1.807, 2.05) is 0 Å². The molecule has 0 bridgehead atoms. The highest BCUT2D eigenvalue weighted by Crippen LogP contribution is 2.72. The molecule has 0 aromatic carbocycles. The summed E-state index contributed by atoms with van der Waals surface area (Å²) in [5, 5.41) is 0. The van der Waals surface area contributed by atoms with E-state index in [-0.39, 0.29) is 22.9 Å². The van der Waals surface area contributed by atoms with Gasteiger partial charge in [-0.2, -0.15) is 0 Å². The van der Waals surface area contributed by atoms with Gasteiger partial charge in [0, 0.05) is 24.9 Å². The van der Waals surface area contributed by atoms with E-state index in [0.717, 1.165) is 19.3 Å². The zero-order chi connectivity index (χ0) is 15.1. The number of hydrogen-bond acceptors (Lipinski definition) is 4. The summed E-state index contributed by atoms with van der Waals surface area (Å²) < 4.78 is 16.5. The fraction of sp³-hybridized carbons (Fsp3) is 0.941. The molecular formula is C17H28O4. The van der Waals surface area contributed by atoms with Crippen molar-refractivity contribution in [2.45, 2.75) is 52.1 Å². The van der Waals surface area contributed by atoms with Gasteiger partial charge >= 0.3 is 0 Å². The Hall–Kier alpha value is -0.450. The first kappa shape index (κ1) is 15.4. The lowest BCUT2D eigenvalue weighted by Gasteiger charge is -2.43. The predicted octanol–water partition coefficient (Wildman–Crippen LogP) is 2.80. The van der Waals surface area contributed by atoms with Crippen molar-refractivity contribution in [3.8, 4) is 0 Å². The molecule has 3 fully saturated rings. The van der Waals surface area contributed by atoms with E-state index in [9.17, 15) is 4.79 Å². The second-order valence-electron chi connectivity index (χ2n) is 7.30. The maximum Gasteiger partial charge on any atom is 0.147 e. The molecule has 3 aliphatic carbocycles. The first-order chi connectivity index (χ1) is 10.1. The number of hydrogen-bond donors (Lipinski definition) is 0. The second kappa shape index (κ2) is 5.64. The van der Waals surface area contributed by atoms with Crippen molar-refractivity contribution in [3.05, 3.63) is 0 Å². The molecule has 4 nitrogen and oxygen atoms in total. The van der Waals surface area contributed by atoms with Crippen molar-refractivity contribution in [2.75, 3.05) is 27.1 Å². The minimum Gasteiger partial charge on any atom is -0.382 e. The molecule has 3 aliphatic rings. The minimum atomic E-state index is 0.147. The van der Waals surface area contributed by atoms with E-state index in [2.05, 4.69) is 13.8 Å². The molecule has 21 heavy (non-hydrogen) atoms. The van der Waals surface area contributed by atoms with Gasteiger partial charge < -0.3 is 14.2 Å². The lowest BCUT2D eigenvalue weighted by molar-refractivity contribution is -0.141. The summed E-state index contributed by atoms with van der Waals surface area (Å²) in [7, 11) is 1.67. The normalized spacial score (nSPS) is 45.1. The Labute approximate surface area is 127 Å². The molecule has 3 saturated carbocycles. The SMILES string of the molecule is COCCOCOC1CCC23C(CCC12C)CC(=O)C3C. The topological polar surface area (TPSA) is 44.8 Å². The van der Waals surface area contributed by atoms with Crippen molar-refractivity contribution >= 4 is 5.78 Å². The maximum atomic E-state index is 12.2. The van der Waals surface area contributed by atoms with Gasteiger partial charge in [0.2, 0.25) is 0 Å². The van der Waals surface area contributed by atoms with Gasteiger partial charge in [0.1, 0.15) is 12.6 Å². The van der Waals surface area contributed by atoms with Crippen LogP contribution in [0.3, 0.4) is 0 Å². The number of Topliss-reactive ketones (excluding diaryl/α,β-unsaturated/α-hetero) is 1. The van der Waals surface area contributed by atoms with Gasteiger partial charge in [0.05, 0.1) is 19.3 Å². The quantitative estimate of drug-likeness (QED) is 0.558. The third-order valence-corrected chi connectivity index (χ3v) is 6.82. The molecule has 5 atom stereocenters. The molecule has 0 saturated heterocycles. The van der Waals surface area contributed by atoms with E-state index < -0.39 is 0 Å². The fourth-order valence-corrected chi connectivity index (χ4v) is 5.72. The lowest BCUT2D eigenvalue weighted by atomic mass is 9.62. The number of methoxy groups -OCH3 is 1. The highest BCUT2D eigenvalue weighted by molar-refractivity contribution is 5.85. The van der Waals surface area contributed by atoms with Crippen LogP contribution in [0.1, 0.15) is 46.0 Å². The van der Waals surface area contributed by atoms with Gasteiger partial charge in [-0.15, -0.1) is 0 Å². The summed E-state index contributed by atoms with van der Waals surface area (Å²) in [6, 6.07) is 0. The van der Waals surface area contributed by atoms with Gasteiger partial charge in [-0.05, 0) is 37.0 Å². The van der Waals surface area contributed by atoms with Crippen LogP contribution < -0.4 is 0 Å². The summed E-state index contributed by atoms with van der Waals surface area (Å²) in [6.45, 7) is 6.02. The summed E-state index contributed by atoms with van der Waals surface area (Å²) in [5.74, 6) is 1.27. The molecule has 120 valence electrons. The average molecular weight is 296 g/mol. The Morgan fingerprint density at radius 3 is 2.81 bits per heavy atom. The molecule has 0 N–H and O–H groups in total. The van der Waals surface area contributed by atoms with Crippen LogP contribution in [-0.4, -0.2) is 39.0 Å². The third-order valence-electron chi connectivity index (χ3n) is 6.82. The van der Waals surface area contributed by atoms with E-state index in [1.165, 1.54) is 12.8 Å². The highest BCUT2D eigenvalue weighted by atomic mass is 16.7. The van der Waals surface area contributed by atoms with E-state index in [0.29, 0.717) is 31.7 Å². The standard InChI is InChI=1S/C17H28O4/c1-12-14(18)10-13-4-6-16(2)15(5-7-17(12,13)16)21-11-20-9-8-19-3/h12-13,15H,4-11H2,1-3H3. The van der Waals surface area contributed by atoms with Gasteiger partial charge in [-0.3, -0.25) is 4.79 Å². The van der Waals surface area contributed by atoms with Crippen molar-refractivity contribution in [3.63, 3.8) is 0 Å². The van der Waals surface area contributed by atoms with Crippen LogP contribution in [0.25, 0.3) is 0 Å². The number of carbonyl (C=O) groups is 1. The van der Waals surface area contributed by atoms with Gasteiger partial charge in [-0.1, -0.05) is 13.8 Å². The molecule has 0 amide bonds. The smallest absolute Gasteiger partial charge is 0.147 e. The number of ketones is 1. The average Bonchev–Trinajstić information content (AvgIpc) is 3.00.